The molecule has 3 heterocycles. The molecule has 0 bridgehead atoms. The fraction of sp³-hybridized carbons (Fsp3) is 0.167. The number of aryl methyl sites for hydroxylation is 1. The number of hydrogen-bond donors (Lipinski definition) is 0. The van der Waals surface area contributed by atoms with Crippen LogP contribution in [0.15, 0.2) is 34.4 Å². The Kier molecular flexibility index (Phi) is 3.88. The quantitative estimate of drug-likeness (QED) is 0.504. The number of thiazole rings is 1. The second kappa shape index (κ2) is 6.13. The average Bonchev–Trinajstić information content (AvgIpc) is 3.13. The third-order valence-corrected chi connectivity index (χ3v) is 5.25. The summed E-state index contributed by atoms with van der Waals surface area (Å²) >= 11 is 1.32. The van der Waals surface area contributed by atoms with E-state index in [0.29, 0.717) is 10.7 Å². The van der Waals surface area contributed by atoms with Crippen LogP contribution in [0.25, 0.3) is 4.96 Å². The SMILES string of the molecule is Cc1csc2nc(COC(=O)c3ccc4c(c3)C(=O)N(C)C4=O)cc(=O)n12. The van der Waals surface area contributed by atoms with Crippen molar-refractivity contribution in [1.29, 1.82) is 0 Å². The first kappa shape index (κ1) is 17.1. The van der Waals surface area contributed by atoms with Crippen molar-refractivity contribution in [3.05, 3.63) is 68.1 Å². The Morgan fingerprint density at radius 1 is 1.15 bits per heavy atom. The number of aromatic nitrogens is 2. The summed E-state index contributed by atoms with van der Waals surface area (Å²) in [6.45, 7) is 1.63. The van der Waals surface area contributed by atoms with Gasteiger partial charge in [-0.25, -0.2) is 9.78 Å². The van der Waals surface area contributed by atoms with E-state index in [1.165, 1.54) is 47.1 Å². The van der Waals surface area contributed by atoms with Crippen LogP contribution in [0.1, 0.15) is 42.5 Å². The van der Waals surface area contributed by atoms with Crippen molar-refractivity contribution in [2.24, 2.45) is 0 Å². The molecule has 2 amide bonds. The van der Waals surface area contributed by atoms with E-state index in [2.05, 4.69) is 4.98 Å². The minimum absolute atomic E-state index is 0.148. The number of esters is 1. The van der Waals surface area contributed by atoms with Crippen LogP contribution in [-0.2, 0) is 11.3 Å². The summed E-state index contributed by atoms with van der Waals surface area (Å²) in [5.74, 6) is -1.53. The minimum Gasteiger partial charge on any atom is -0.456 e. The molecule has 27 heavy (non-hydrogen) atoms. The molecule has 0 N–H and O–H groups in total. The molecule has 8 nitrogen and oxygen atoms in total. The monoisotopic (exact) mass is 383 g/mol. The molecule has 0 spiro atoms. The molecule has 136 valence electrons. The number of ether oxygens (including phenoxy) is 1. The van der Waals surface area contributed by atoms with E-state index in [1.807, 2.05) is 12.3 Å². The lowest BCUT2D eigenvalue weighted by Crippen LogP contribution is -2.24. The van der Waals surface area contributed by atoms with Gasteiger partial charge in [-0.2, -0.15) is 0 Å². The molecule has 0 aliphatic carbocycles. The molecule has 9 heteroatoms. The first-order valence-corrected chi connectivity index (χ1v) is 8.85. The predicted octanol–water partition coefficient (Wildman–Crippen LogP) is 1.65. The van der Waals surface area contributed by atoms with E-state index in [9.17, 15) is 19.2 Å². The zero-order valence-electron chi connectivity index (χ0n) is 14.4. The Bertz CT molecular complexity index is 1190. The second-order valence-electron chi connectivity index (χ2n) is 6.09. The molecule has 0 radical (unpaired) electrons. The lowest BCUT2D eigenvalue weighted by Gasteiger charge is -2.06. The molecule has 1 aliphatic rings. The maximum atomic E-state index is 12.3. The molecule has 0 saturated carbocycles. The van der Waals surface area contributed by atoms with Crippen molar-refractivity contribution in [3.8, 4) is 0 Å². The Labute approximate surface area is 156 Å². The lowest BCUT2D eigenvalue weighted by molar-refractivity contribution is 0.0467. The summed E-state index contributed by atoms with van der Waals surface area (Å²) in [5, 5.41) is 1.82. The van der Waals surface area contributed by atoms with Crippen LogP contribution in [0, 0.1) is 6.92 Å². The van der Waals surface area contributed by atoms with Gasteiger partial charge in [-0.3, -0.25) is 23.7 Å². The number of hydrogen-bond acceptors (Lipinski definition) is 7. The van der Waals surface area contributed by atoms with Gasteiger partial charge in [-0.1, -0.05) is 0 Å². The van der Waals surface area contributed by atoms with Crippen LogP contribution in [-0.4, -0.2) is 39.1 Å². The Morgan fingerprint density at radius 2 is 1.89 bits per heavy atom. The van der Waals surface area contributed by atoms with Crippen molar-refractivity contribution in [2.45, 2.75) is 13.5 Å². The number of rotatable bonds is 3. The Morgan fingerprint density at radius 3 is 2.67 bits per heavy atom. The number of carbonyl (C=O) groups excluding carboxylic acids is 3. The van der Waals surface area contributed by atoms with Gasteiger partial charge in [-0.15, -0.1) is 11.3 Å². The Balaban J connectivity index is 1.55. The van der Waals surface area contributed by atoms with Gasteiger partial charge >= 0.3 is 5.97 Å². The molecular formula is C18H13N3O5S. The Hall–Kier alpha value is -3.33. The van der Waals surface area contributed by atoms with Gasteiger partial charge in [0.2, 0.25) is 0 Å². The first-order chi connectivity index (χ1) is 12.9. The van der Waals surface area contributed by atoms with E-state index in [0.717, 1.165) is 10.6 Å². The average molecular weight is 383 g/mol. The van der Waals surface area contributed by atoms with Crippen LogP contribution < -0.4 is 5.56 Å². The number of benzene rings is 1. The zero-order valence-corrected chi connectivity index (χ0v) is 15.2. The summed E-state index contributed by atoms with van der Waals surface area (Å²) in [5.41, 5.74) is 1.46. The summed E-state index contributed by atoms with van der Waals surface area (Å²) in [7, 11) is 1.38. The van der Waals surface area contributed by atoms with E-state index in [4.69, 9.17) is 4.74 Å². The molecule has 0 unspecified atom stereocenters. The highest BCUT2D eigenvalue weighted by Gasteiger charge is 2.33. The van der Waals surface area contributed by atoms with Crippen LogP contribution in [0.4, 0.5) is 0 Å². The topological polar surface area (TPSA) is 98.0 Å². The molecular weight excluding hydrogens is 370 g/mol. The van der Waals surface area contributed by atoms with Crippen molar-refractivity contribution in [2.75, 3.05) is 7.05 Å². The van der Waals surface area contributed by atoms with Gasteiger partial charge in [-0.05, 0) is 25.1 Å². The molecule has 1 aliphatic heterocycles. The number of imide groups is 1. The smallest absolute Gasteiger partial charge is 0.338 e. The number of fused-ring (bicyclic) bond motifs is 2. The number of nitrogens with zero attached hydrogens (tertiary/aromatic N) is 3. The van der Waals surface area contributed by atoms with Gasteiger partial charge in [0, 0.05) is 24.2 Å². The standard InChI is InChI=1S/C18H13N3O5S/c1-9-8-27-18-19-11(6-14(22)21(9)18)7-26-17(25)10-3-4-12-13(5-10)16(24)20(2)15(12)23/h3-6,8H,7H2,1-2H3. The molecule has 0 atom stereocenters. The minimum atomic E-state index is -0.669. The van der Waals surface area contributed by atoms with E-state index < -0.39 is 17.8 Å². The zero-order chi connectivity index (χ0) is 19.3. The van der Waals surface area contributed by atoms with Crippen molar-refractivity contribution < 1.29 is 19.1 Å². The van der Waals surface area contributed by atoms with Crippen LogP contribution in [0.5, 0.6) is 0 Å². The second-order valence-corrected chi connectivity index (χ2v) is 6.92. The fourth-order valence-corrected chi connectivity index (χ4v) is 3.78. The molecule has 3 aromatic rings. The summed E-state index contributed by atoms with van der Waals surface area (Å²) in [6, 6.07) is 5.52. The van der Waals surface area contributed by atoms with E-state index >= 15 is 0 Å². The van der Waals surface area contributed by atoms with Gasteiger partial charge in [0.15, 0.2) is 4.96 Å². The predicted molar refractivity (Wildman–Crippen MR) is 96.1 cm³/mol. The maximum Gasteiger partial charge on any atom is 0.338 e. The number of amides is 2. The lowest BCUT2D eigenvalue weighted by atomic mass is 10.1. The first-order valence-electron chi connectivity index (χ1n) is 7.97. The van der Waals surface area contributed by atoms with Gasteiger partial charge in [0.1, 0.15) is 6.61 Å². The molecule has 2 aromatic heterocycles. The molecule has 0 fully saturated rings. The van der Waals surface area contributed by atoms with Crippen LogP contribution in [0.2, 0.25) is 0 Å². The highest BCUT2D eigenvalue weighted by Crippen LogP contribution is 2.23. The fourth-order valence-electron chi connectivity index (χ4n) is 2.89. The van der Waals surface area contributed by atoms with Gasteiger partial charge < -0.3 is 4.74 Å². The molecule has 1 aromatic carbocycles. The molecule has 4 rings (SSSR count). The third-order valence-electron chi connectivity index (χ3n) is 4.31. The maximum absolute atomic E-state index is 12.3. The normalized spacial score (nSPS) is 13.3. The summed E-state index contributed by atoms with van der Waals surface area (Å²) in [4.78, 5) is 54.2. The van der Waals surface area contributed by atoms with Crippen molar-refractivity contribution in [1.82, 2.24) is 14.3 Å². The highest BCUT2D eigenvalue weighted by atomic mass is 32.1. The van der Waals surface area contributed by atoms with E-state index in [1.54, 1.807) is 0 Å². The van der Waals surface area contributed by atoms with Crippen molar-refractivity contribution >= 4 is 34.1 Å². The van der Waals surface area contributed by atoms with E-state index in [-0.39, 0.29) is 28.9 Å². The van der Waals surface area contributed by atoms with Gasteiger partial charge in [0.25, 0.3) is 17.4 Å². The largest absolute Gasteiger partial charge is 0.456 e. The van der Waals surface area contributed by atoms with Gasteiger partial charge in [0.05, 0.1) is 22.4 Å². The highest BCUT2D eigenvalue weighted by molar-refractivity contribution is 7.15. The summed E-state index contributed by atoms with van der Waals surface area (Å²) in [6.07, 6.45) is 0. The van der Waals surface area contributed by atoms with Crippen molar-refractivity contribution in [3.63, 3.8) is 0 Å². The molecule has 0 saturated heterocycles. The third kappa shape index (κ3) is 2.72. The van der Waals surface area contributed by atoms with Crippen LogP contribution >= 0.6 is 11.3 Å². The number of carbonyl (C=O) groups is 3. The summed E-state index contributed by atoms with van der Waals surface area (Å²) < 4.78 is 6.70. The van der Waals surface area contributed by atoms with Crippen LogP contribution in [0.3, 0.4) is 0 Å².